The third-order valence-corrected chi connectivity index (χ3v) is 0. The molecule has 0 spiro atoms. The van der Waals surface area contributed by atoms with E-state index in [9.17, 15) is 0 Å². The van der Waals surface area contributed by atoms with E-state index in [1.54, 1.807) is 0 Å². The molecule has 0 aromatic rings. The minimum absolute atomic E-state index is 0. The molecule has 0 aromatic heterocycles. The molecule has 0 amide bonds. The van der Waals surface area contributed by atoms with E-state index in [2.05, 4.69) is 0 Å². The summed E-state index contributed by atoms with van der Waals surface area (Å²) in [6.45, 7) is 0. The first-order valence-electron chi connectivity index (χ1n) is 0. The molecule has 0 aliphatic carbocycles. The molecule has 23 valence electrons. The summed E-state index contributed by atoms with van der Waals surface area (Å²) in [5.74, 6) is 0. The zero-order valence-electron chi connectivity index (χ0n) is 1.69. The average molecular weight is 151 g/mol. The summed E-state index contributed by atoms with van der Waals surface area (Å²) in [6, 6.07) is 0. The van der Waals surface area contributed by atoms with Crippen molar-refractivity contribution < 1.29 is 39.9 Å². The molecule has 0 atom stereocenters. The van der Waals surface area contributed by atoms with Crippen molar-refractivity contribution in [3.8, 4) is 0 Å². The Bertz CT molecular complexity index is 8.00. The van der Waals surface area contributed by atoms with Gasteiger partial charge in [0.2, 0.25) is 0 Å². The zero-order chi connectivity index (χ0) is 0. The molecule has 0 aliphatic heterocycles. The topological polar surface area (TPSA) is 28.5 Å². The summed E-state index contributed by atoms with van der Waals surface area (Å²) < 4.78 is 0. The third-order valence-electron chi connectivity index (χ3n) is 0. The maximum Gasteiger partial charge on any atom is 2.00 e. The minimum atomic E-state index is 0. The predicted molar refractivity (Wildman–Crippen MR) is 6.44 cm³/mol. The van der Waals surface area contributed by atoms with Crippen molar-refractivity contribution in [2.45, 2.75) is 0 Å². The van der Waals surface area contributed by atoms with Gasteiger partial charge in [0.15, 0.2) is 0 Å². The van der Waals surface area contributed by atoms with Gasteiger partial charge >= 0.3 is 17.1 Å². The molecule has 0 aromatic carbocycles. The van der Waals surface area contributed by atoms with E-state index in [0.29, 0.717) is 0 Å². The van der Waals surface area contributed by atoms with Crippen LogP contribution in [0.4, 0.5) is 0 Å². The van der Waals surface area contributed by atoms with Gasteiger partial charge in [-0.2, -0.15) is 0 Å². The first kappa shape index (κ1) is 61.9. The molecule has 0 unspecified atom stereocenters. The summed E-state index contributed by atoms with van der Waals surface area (Å²) in [4.78, 5) is 0. The van der Waals surface area contributed by atoms with E-state index >= 15 is 0 Å². The standard InChI is InChI=1S/Cr.Mn.O.Si/q;+2;-2;. The van der Waals surface area contributed by atoms with E-state index in [4.69, 9.17) is 0 Å². The van der Waals surface area contributed by atoms with Gasteiger partial charge in [-0.05, 0) is 0 Å². The van der Waals surface area contributed by atoms with Crippen LogP contribution in [0.3, 0.4) is 0 Å². The van der Waals surface area contributed by atoms with Crippen LogP contribution in [0.25, 0.3) is 0 Å². The Morgan fingerprint density at radius 1 is 1.00 bits per heavy atom. The van der Waals surface area contributed by atoms with Crippen molar-refractivity contribution in [3.05, 3.63) is 0 Å². The van der Waals surface area contributed by atoms with Crippen molar-refractivity contribution in [3.63, 3.8) is 0 Å². The molecular formula is CrMnOSi. The molecule has 0 fully saturated rings. The summed E-state index contributed by atoms with van der Waals surface area (Å²) in [5, 5.41) is 0. The Hall–Kier alpha value is 1.23. The van der Waals surface area contributed by atoms with Crippen LogP contribution in [-0.2, 0) is 39.9 Å². The molecule has 0 heterocycles. The molecule has 4 heteroatoms. The van der Waals surface area contributed by atoms with Gasteiger partial charge in [-0.1, -0.05) is 0 Å². The Morgan fingerprint density at radius 3 is 1.00 bits per heavy atom. The van der Waals surface area contributed by atoms with Crippen LogP contribution in [0.5, 0.6) is 0 Å². The van der Waals surface area contributed by atoms with Gasteiger partial charge in [-0.3, -0.25) is 0 Å². The molecule has 0 aliphatic rings. The van der Waals surface area contributed by atoms with Gasteiger partial charge in [0, 0.05) is 28.3 Å². The van der Waals surface area contributed by atoms with E-state index in [0.717, 1.165) is 0 Å². The van der Waals surface area contributed by atoms with Crippen molar-refractivity contribution >= 4 is 11.0 Å². The normalized spacial score (nSPS) is 0. The van der Waals surface area contributed by atoms with E-state index in [1.807, 2.05) is 0 Å². The summed E-state index contributed by atoms with van der Waals surface area (Å²) >= 11 is 0. The molecular weight excluding hydrogens is 151 g/mol. The van der Waals surface area contributed by atoms with Crippen LogP contribution in [0.2, 0.25) is 0 Å². The van der Waals surface area contributed by atoms with Crippen molar-refractivity contribution in [2.75, 3.05) is 0 Å². The van der Waals surface area contributed by atoms with Crippen LogP contribution < -0.4 is 0 Å². The van der Waals surface area contributed by atoms with E-state index in [-0.39, 0.29) is 50.9 Å². The van der Waals surface area contributed by atoms with Crippen LogP contribution in [0.15, 0.2) is 0 Å². The van der Waals surface area contributed by atoms with E-state index < -0.39 is 0 Å². The first-order chi connectivity index (χ1) is 0. The number of hydrogen-bond donors (Lipinski definition) is 0. The van der Waals surface area contributed by atoms with Crippen molar-refractivity contribution in [1.29, 1.82) is 0 Å². The van der Waals surface area contributed by atoms with Gasteiger partial charge in [0.25, 0.3) is 0 Å². The minimum Gasteiger partial charge on any atom is -2.00 e. The second-order valence-electron chi connectivity index (χ2n) is 0. The monoisotopic (exact) mass is 151 g/mol. The Labute approximate surface area is 51.1 Å². The molecule has 5 radical (unpaired) electrons. The molecule has 0 rings (SSSR count). The summed E-state index contributed by atoms with van der Waals surface area (Å²) in [6.07, 6.45) is 0. The van der Waals surface area contributed by atoms with Gasteiger partial charge in [0.05, 0.1) is 0 Å². The zero-order valence-corrected chi connectivity index (χ0v) is 5.15. The average Bonchev–Trinajstić information content (AvgIpc) is 0. The maximum absolute atomic E-state index is 0. The maximum atomic E-state index is 0. The summed E-state index contributed by atoms with van der Waals surface area (Å²) in [5.41, 5.74) is 0. The Morgan fingerprint density at radius 2 is 1.00 bits per heavy atom. The molecule has 4 heavy (non-hydrogen) atoms. The van der Waals surface area contributed by atoms with Crippen molar-refractivity contribution in [2.24, 2.45) is 0 Å². The first-order valence-corrected chi connectivity index (χ1v) is 0. The fourth-order valence-corrected chi connectivity index (χ4v) is 0. The predicted octanol–water partition coefficient (Wildman–Crippen LogP) is -0.505. The largest absolute Gasteiger partial charge is 2.00 e. The number of rotatable bonds is 0. The Kier molecular flexibility index (Phi) is 452. The van der Waals surface area contributed by atoms with Crippen LogP contribution in [-0.4, -0.2) is 11.0 Å². The second kappa shape index (κ2) is 29.2. The molecule has 1 nitrogen and oxygen atoms in total. The quantitative estimate of drug-likeness (QED) is 0.417. The van der Waals surface area contributed by atoms with Gasteiger partial charge in [-0.15, -0.1) is 0 Å². The van der Waals surface area contributed by atoms with Gasteiger partial charge in [-0.25, -0.2) is 0 Å². The summed E-state index contributed by atoms with van der Waals surface area (Å²) in [7, 11) is 0. The van der Waals surface area contributed by atoms with Gasteiger partial charge < -0.3 is 5.48 Å². The van der Waals surface area contributed by atoms with Crippen molar-refractivity contribution in [1.82, 2.24) is 0 Å². The van der Waals surface area contributed by atoms with E-state index in [1.165, 1.54) is 0 Å². The van der Waals surface area contributed by atoms with Crippen LogP contribution >= 0.6 is 0 Å². The molecule has 0 N–H and O–H groups in total. The third kappa shape index (κ3) is 10.6. The second-order valence-corrected chi connectivity index (χ2v) is 0. The fraction of sp³-hybridized carbons (Fsp3) is 0. The smallest absolute Gasteiger partial charge is 2.00 e. The number of hydrogen-bond acceptors (Lipinski definition) is 0. The SMILES string of the molecule is [Cr].[Mn+2].[O-2].[Si]. The molecule has 0 bridgehead atoms. The van der Waals surface area contributed by atoms with Crippen LogP contribution in [0.1, 0.15) is 0 Å². The van der Waals surface area contributed by atoms with Gasteiger partial charge in [0.1, 0.15) is 0 Å². The molecule has 0 saturated carbocycles. The Balaban J connectivity index is 0. The molecule has 0 saturated heterocycles. The van der Waals surface area contributed by atoms with Crippen LogP contribution in [0, 0.1) is 0 Å². The fourth-order valence-electron chi connectivity index (χ4n) is 0.